The van der Waals surface area contributed by atoms with E-state index in [1.807, 2.05) is 30.3 Å². The fraction of sp³-hybridized carbons (Fsp3) is 0.360. The molecule has 2 aliphatic rings. The van der Waals surface area contributed by atoms with Crippen LogP contribution in [0.25, 0.3) is 17.0 Å². The van der Waals surface area contributed by atoms with Gasteiger partial charge >= 0.3 is 0 Å². The summed E-state index contributed by atoms with van der Waals surface area (Å²) in [6.07, 6.45) is 13.9. The molecule has 0 radical (unpaired) electrons. The number of piperidine rings is 1. The van der Waals surface area contributed by atoms with Gasteiger partial charge in [0.05, 0.1) is 23.8 Å². The highest BCUT2D eigenvalue weighted by molar-refractivity contribution is 5.94. The lowest BCUT2D eigenvalue weighted by molar-refractivity contribution is 0.0613. The van der Waals surface area contributed by atoms with E-state index < -0.39 is 0 Å². The molecule has 168 valence electrons. The van der Waals surface area contributed by atoms with Gasteiger partial charge in [-0.1, -0.05) is 24.2 Å². The summed E-state index contributed by atoms with van der Waals surface area (Å²) >= 11 is 0. The Hall–Kier alpha value is -3.68. The third kappa shape index (κ3) is 3.28. The van der Waals surface area contributed by atoms with Crippen LogP contribution in [0, 0.1) is 12.8 Å². The summed E-state index contributed by atoms with van der Waals surface area (Å²) < 4.78 is 9.56. The average Bonchev–Trinajstić information content (AvgIpc) is 3.61. The first-order chi connectivity index (χ1) is 16.1. The maximum absolute atomic E-state index is 13.6. The Morgan fingerprint density at radius 1 is 1.30 bits per heavy atom. The van der Waals surface area contributed by atoms with E-state index in [9.17, 15) is 4.79 Å². The van der Waals surface area contributed by atoms with Crippen LogP contribution >= 0.6 is 0 Å². The van der Waals surface area contributed by atoms with E-state index in [0.29, 0.717) is 37.0 Å². The molecule has 1 fully saturated rings. The van der Waals surface area contributed by atoms with Crippen LogP contribution in [0.3, 0.4) is 0 Å². The number of hydrogen-bond donors (Lipinski definition) is 0. The highest BCUT2D eigenvalue weighted by Gasteiger charge is 2.34. The SMILES string of the molecule is Cc1onc(C(=O)N2CC[C@@H](C)[C@@H](n3ccc4cnc5c(c43)C=CC5)C2)c1Cn1cccn1. The first-order valence-electron chi connectivity index (χ1n) is 11.5. The van der Waals surface area contributed by atoms with Crippen LogP contribution in [0.15, 0.2) is 47.5 Å². The van der Waals surface area contributed by atoms with E-state index in [2.05, 4.69) is 51.1 Å². The zero-order valence-electron chi connectivity index (χ0n) is 18.8. The molecule has 1 aliphatic heterocycles. The molecule has 4 aromatic heterocycles. The van der Waals surface area contributed by atoms with Gasteiger partial charge in [-0.15, -0.1) is 0 Å². The van der Waals surface area contributed by atoms with Crippen molar-refractivity contribution in [3.63, 3.8) is 0 Å². The number of carbonyl (C=O) groups excluding carboxylic acids is 1. The lowest BCUT2D eigenvalue weighted by Crippen LogP contribution is -2.44. The normalized spacial score (nSPS) is 20.0. The summed E-state index contributed by atoms with van der Waals surface area (Å²) in [6, 6.07) is 4.18. The summed E-state index contributed by atoms with van der Waals surface area (Å²) in [5, 5.41) is 9.55. The Balaban J connectivity index is 1.32. The fourth-order valence-electron chi connectivity index (χ4n) is 5.16. The molecular weight excluding hydrogens is 416 g/mol. The average molecular weight is 443 g/mol. The molecule has 0 unspecified atom stereocenters. The number of amides is 1. The molecule has 0 aromatic carbocycles. The van der Waals surface area contributed by atoms with Gasteiger partial charge in [-0.2, -0.15) is 5.10 Å². The monoisotopic (exact) mass is 442 g/mol. The molecule has 1 saturated heterocycles. The second-order valence-electron chi connectivity index (χ2n) is 9.11. The van der Waals surface area contributed by atoms with Gasteiger partial charge in [-0.25, -0.2) is 0 Å². The Morgan fingerprint density at radius 3 is 3.06 bits per heavy atom. The van der Waals surface area contributed by atoms with E-state index in [4.69, 9.17) is 4.52 Å². The topological polar surface area (TPSA) is 82.0 Å². The molecule has 0 bridgehead atoms. The van der Waals surface area contributed by atoms with Crippen molar-refractivity contribution in [1.29, 1.82) is 0 Å². The highest BCUT2D eigenvalue weighted by atomic mass is 16.5. The van der Waals surface area contributed by atoms with Gasteiger partial charge in [-0.3, -0.25) is 14.5 Å². The van der Waals surface area contributed by atoms with E-state index in [1.165, 1.54) is 11.1 Å². The summed E-state index contributed by atoms with van der Waals surface area (Å²) in [7, 11) is 0. The summed E-state index contributed by atoms with van der Waals surface area (Å²) in [5.41, 5.74) is 4.74. The second kappa shape index (κ2) is 7.72. The number of aryl methyl sites for hydroxylation is 1. The number of pyridine rings is 1. The van der Waals surface area contributed by atoms with Crippen LogP contribution in [0.4, 0.5) is 0 Å². The van der Waals surface area contributed by atoms with Crippen molar-refractivity contribution in [3.05, 3.63) is 71.3 Å². The molecule has 4 aromatic rings. The summed E-state index contributed by atoms with van der Waals surface area (Å²) in [4.78, 5) is 20.1. The number of likely N-dealkylation sites (tertiary alicyclic amines) is 1. The minimum Gasteiger partial charge on any atom is -0.361 e. The van der Waals surface area contributed by atoms with E-state index >= 15 is 0 Å². The zero-order chi connectivity index (χ0) is 22.5. The smallest absolute Gasteiger partial charge is 0.276 e. The first kappa shape index (κ1) is 20.0. The summed E-state index contributed by atoms with van der Waals surface area (Å²) in [5.74, 6) is 1.03. The number of aromatic nitrogens is 5. The molecule has 33 heavy (non-hydrogen) atoms. The van der Waals surface area contributed by atoms with Gasteiger partial charge in [0.25, 0.3) is 5.91 Å². The molecule has 1 amide bonds. The van der Waals surface area contributed by atoms with Crippen molar-refractivity contribution in [2.75, 3.05) is 13.1 Å². The van der Waals surface area contributed by atoms with E-state index in [-0.39, 0.29) is 11.9 Å². The third-order valence-corrected chi connectivity index (χ3v) is 7.10. The number of fused-ring (bicyclic) bond motifs is 3. The van der Waals surface area contributed by atoms with Gasteiger partial charge in [-0.05, 0) is 31.4 Å². The lowest BCUT2D eigenvalue weighted by Gasteiger charge is -2.38. The van der Waals surface area contributed by atoms with Crippen LogP contribution in [0.2, 0.25) is 0 Å². The molecule has 0 saturated carbocycles. The number of hydrogen-bond acceptors (Lipinski definition) is 5. The van der Waals surface area contributed by atoms with Crippen LogP contribution < -0.4 is 0 Å². The molecule has 8 nitrogen and oxygen atoms in total. The maximum Gasteiger partial charge on any atom is 0.276 e. The number of rotatable bonds is 4. The Kier molecular flexibility index (Phi) is 4.67. The maximum atomic E-state index is 13.6. The lowest BCUT2D eigenvalue weighted by atomic mass is 9.92. The third-order valence-electron chi connectivity index (χ3n) is 7.10. The molecule has 6 rings (SSSR count). The largest absolute Gasteiger partial charge is 0.361 e. The molecule has 1 aliphatic carbocycles. The van der Waals surface area contributed by atoms with Crippen molar-refractivity contribution < 1.29 is 9.32 Å². The standard InChI is InChI=1S/C25H26N6O2/c1-16-7-11-29(25(32)23-20(17(2)33-28-23)14-30-10-4-9-27-30)15-22(16)31-12-8-18-13-26-21-6-3-5-19(21)24(18)31/h3-5,8-10,12-13,16,22H,6-7,11,14-15H2,1-2H3/t16-,22+/m1/s1. The molecule has 2 atom stereocenters. The Morgan fingerprint density at radius 2 is 2.21 bits per heavy atom. The van der Waals surface area contributed by atoms with E-state index in [0.717, 1.165) is 29.5 Å². The quantitative estimate of drug-likeness (QED) is 0.479. The van der Waals surface area contributed by atoms with Crippen LogP contribution in [-0.4, -0.2) is 48.4 Å². The molecule has 0 N–H and O–H groups in total. The molecule has 0 spiro atoms. The van der Waals surface area contributed by atoms with Gasteiger partial charge < -0.3 is 14.0 Å². The van der Waals surface area contributed by atoms with Crippen molar-refractivity contribution >= 4 is 22.9 Å². The Bertz CT molecular complexity index is 1360. The van der Waals surface area contributed by atoms with Crippen LogP contribution in [0.1, 0.15) is 52.5 Å². The predicted octanol–water partition coefficient (Wildman–Crippen LogP) is 3.87. The van der Waals surface area contributed by atoms with Crippen LogP contribution in [0.5, 0.6) is 0 Å². The van der Waals surface area contributed by atoms with Crippen molar-refractivity contribution in [2.24, 2.45) is 5.92 Å². The van der Waals surface area contributed by atoms with Crippen LogP contribution in [-0.2, 0) is 13.0 Å². The van der Waals surface area contributed by atoms with Gasteiger partial charge in [0.15, 0.2) is 5.69 Å². The van der Waals surface area contributed by atoms with Gasteiger partial charge in [0.2, 0.25) is 0 Å². The molecule has 5 heterocycles. The number of carbonyl (C=O) groups is 1. The minimum atomic E-state index is -0.0749. The Labute approximate surface area is 191 Å². The van der Waals surface area contributed by atoms with E-state index in [1.54, 1.807) is 10.9 Å². The van der Waals surface area contributed by atoms with Crippen molar-refractivity contribution in [1.82, 2.24) is 29.4 Å². The zero-order valence-corrected chi connectivity index (χ0v) is 18.8. The minimum absolute atomic E-state index is 0.0749. The predicted molar refractivity (Wildman–Crippen MR) is 124 cm³/mol. The second-order valence-corrected chi connectivity index (χ2v) is 9.11. The highest BCUT2D eigenvalue weighted by Crippen LogP contribution is 2.35. The summed E-state index contributed by atoms with van der Waals surface area (Å²) in [6.45, 7) is 5.93. The van der Waals surface area contributed by atoms with Gasteiger partial charge in [0, 0.05) is 60.8 Å². The van der Waals surface area contributed by atoms with Crippen molar-refractivity contribution in [2.45, 2.75) is 39.3 Å². The van der Waals surface area contributed by atoms with Gasteiger partial charge in [0.1, 0.15) is 5.76 Å². The number of allylic oxidation sites excluding steroid dienone is 1. The number of nitrogens with zero attached hydrogens (tertiary/aromatic N) is 6. The fourth-order valence-corrected chi connectivity index (χ4v) is 5.16. The molecule has 8 heteroatoms. The van der Waals surface area contributed by atoms with Crippen molar-refractivity contribution in [3.8, 4) is 0 Å². The first-order valence-corrected chi connectivity index (χ1v) is 11.5. The molecular formula is C25H26N6O2.